The van der Waals surface area contributed by atoms with Crippen LogP contribution in [0.2, 0.25) is 0 Å². The molecule has 0 bridgehead atoms. The van der Waals surface area contributed by atoms with Gasteiger partial charge in [0.15, 0.2) is 0 Å². The highest BCUT2D eigenvalue weighted by Gasteiger charge is 2.28. The quantitative estimate of drug-likeness (QED) is 0.625. The van der Waals surface area contributed by atoms with Crippen LogP contribution in [0, 0.1) is 10.1 Å². The predicted molar refractivity (Wildman–Crippen MR) is 74.3 cm³/mol. The lowest BCUT2D eigenvalue weighted by molar-refractivity contribution is -0.389. The van der Waals surface area contributed by atoms with Crippen molar-refractivity contribution < 1.29 is 14.8 Å². The summed E-state index contributed by atoms with van der Waals surface area (Å²) in [5, 5.41) is 24.6. The average molecular weight is 298 g/mol. The Bertz CT molecular complexity index is 660. The molecule has 0 fully saturated rings. The molecule has 0 aromatic carbocycles. The third-order valence-electron chi connectivity index (χ3n) is 2.83. The number of imidazole rings is 1. The maximum Gasteiger partial charge on any atom is 0.372 e. The zero-order valence-electron chi connectivity index (χ0n) is 11.0. The van der Waals surface area contributed by atoms with Crippen LogP contribution < -0.4 is 5.32 Å². The molecule has 2 aromatic rings. The van der Waals surface area contributed by atoms with E-state index in [1.807, 2.05) is 0 Å². The number of aromatic nitrogens is 2. The van der Waals surface area contributed by atoms with Crippen molar-refractivity contribution in [1.29, 1.82) is 0 Å². The Labute approximate surface area is 118 Å². The second-order valence-corrected chi connectivity index (χ2v) is 5.87. The minimum absolute atomic E-state index is 0.0178. The summed E-state index contributed by atoms with van der Waals surface area (Å²) in [5.41, 5.74) is -0.604. The summed E-state index contributed by atoms with van der Waals surface area (Å²) >= 11 is 1.30. The smallest absolute Gasteiger partial charge is 0.372 e. The molecule has 2 rings (SSSR count). The second kappa shape index (κ2) is 5.08. The Morgan fingerprint density at radius 3 is 2.95 bits per heavy atom. The van der Waals surface area contributed by atoms with Crippen molar-refractivity contribution >= 4 is 33.9 Å². The van der Waals surface area contributed by atoms with E-state index in [0.717, 1.165) is 0 Å². The number of carbonyl (C=O) groups is 1. The van der Waals surface area contributed by atoms with Gasteiger partial charge in [0.05, 0.1) is 0 Å². The number of nitro groups is 1. The molecule has 0 aliphatic carbocycles. The van der Waals surface area contributed by atoms with E-state index in [1.54, 1.807) is 25.4 Å². The Balaban J connectivity index is 2.28. The minimum Gasteiger partial charge on any atom is -0.481 e. The van der Waals surface area contributed by atoms with Crippen LogP contribution in [0.1, 0.15) is 26.7 Å². The molecule has 2 aromatic heterocycles. The summed E-state index contributed by atoms with van der Waals surface area (Å²) < 4.78 is 1.40. The lowest BCUT2D eigenvalue weighted by atomic mass is 9.98. The van der Waals surface area contributed by atoms with E-state index in [9.17, 15) is 14.9 Å². The zero-order chi connectivity index (χ0) is 14.9. The molecule has 2 heterocycles. The fourth-order valence-electron chi connectivity index (χ4n) is 1.83. The highest BCUT2D eigenvalue weighted by Crippen LogP contribution is 2.31. The number of aliphatic carboxylic acids is 1. The first-order valence-corrected chi connectivity index (χ1v) is 6.78. The summed E-state index contributed by atoms with van der Waals surface area (Å²) in [7, 11) is 0. The molecular weight excluding hydrogens is 284 g/mol. The fraction of sp³-hybridized carbons (Fsp3) is 0.455. The van der Waals surface area contributed by atoms with Crippen molar-refractivity contribution in [3.8, 4) is 0 Å². The van der Waals surface area contributed by atoms with E-state index in [1.165, 1.54) is 15.7 Å². The number of nitrogens with one attached hydrogen (secondary N) is 1. The Kier molecular flexibility index (Phi) is 3.62. The number of thiazole rings is 1. The van der Waals surface area contributed by atoms with Gasteiger partial charge in [-0.05, 0) is 25.2 Å². The van der Waals surface area contributed by atoms with Gasteiger partial charge < -0.3 is 20.5 Å². The van der Waals surface area contributed by atoms with Crippen molar-refractivity contribution in [1.82, 2.24) is 9.38 Å². The van der Waals surface area contributed by atoms with Gasteiger partial charge >= 0.3 is 11.8 Å². The van der Waals surface area contributed by atoms with Crippen molar-refractivity contribution in [2.45, 2.75) is 32.2 Å². The molecule has 0 aliphatic rings. The molecule has 0 aliphatic heterocycles. The van der Waals surface area contributed by atoms with Gasteiger partial charge in [-0.2, -0.15) is 9.38 Å². The average Bonchev–Trinajstić information content (AvgIpc) is 2.85. The highest BCUT2D eigenvalue weighted by molar-refractivity contribution is 7.15. The summed E-state index contributed by atoms with van der Waals surface area (Å²) in [4.78, 5) is 26.0. The molecule has 2 N–H and O–H groups in total. The lowest BCUT2D eigenvalue weighted by Gasteiger charge is -2.25. The predicted octanol–water partition coefficient (Wildman–Crippen LogP) is 2.36. The molecule has 0 spiro atoms. The molecule has 0 atom stereocenters. The van der Waals surface area contributed by atoms with E-state index in [2.05, 4.69) is 10.3 Å². The van der Waals surface area contributed by atoms with E-state index in [0.29, 0.717) is 11.4 Å². The first-order chi connectivity index (χ1) is 9.30. The van der Waals surface area contributed by atoms with E-state index < -0.39 is 16.4 Å². The largest absolute Gasteiger partial charge is 0.481 e. The SMILES string of the molecule is CC(C)(CCC(=O)O)Nc1nc2sccn2c1[N+](=O)[O-]. The first-order valence-electron chi connectivity index (χ1n) is 5.90. The monoisotopic (exact) mass is 298 g/mol. The van der Waals surface area contributed by atoms with Crippen LogP contribution in [0.5, 0.6) is 0 Å². The van der Waals surface area contributed by atoms with E-state index in [-0.39, 0.29) is 18.1 Å². The van der Waals surface area contributed by atoms with Gasteiger partial charge in [0.2, 0.25) is 5.82 Å². The first kappa shape index (κ1) is 14.3. The van der Waals surface area contributed by atoms with E-state index >= 15 is 0 Å². The van der Waals surface area contributed by atoms with Gasteiger partial charge in [-0.25, -0.2) is 0 Å². The number of carboxylic acid groups (broad SMARTS) is 1. The topological polar surface area (TPSA) is 110 Å². The molecular formula is C11H14N4O4S. The Morgan fingerprint density at radius 1 is 1.65 bits per heavy atom. The second-order valence-electron chi connectivity index (χ2n) is 5.00. The number of nitrogens with zero attached hydrogens (tertiary/aromatic N) is 3. The number of hydrogen-bond acceptors (Lipinski definition) is 6. The van der Waals surface area contributed by atoms with Gasteiger partial charge in [-0.15, -0.1) is 0 Å². The van der Waals surface area contributed by atoms with Gasteiger partial charge in [0, 0.05) is 17.3 Å². The molecule has 8 nitrogen and oxygen atoms in total. The zero-order valence-corrected chi connectivity index (χ0v) is 11.8. The van der Waals surface area contributed by atoms with E-state index in [4.69, 9.17) is 5.11 Å². The van der Waals surface area contributed by atoms with Crippen molar-refractivity contribution in [2.75, 3.05) is 5.32 Å². The molecule has 108 valence electrons. The third kappa shape index (κ3) is 2.87. The summed E-state index contributed by atoms with van der Waals surface area (Å²) in [5.74, 6) is -0.873. The maximum absolute atomic E-state index is 11.2. The van der Waals surface area contributed by atoms with Crippen molar-refractivity contribution in [3.05, 3.63) is 21.7 Å². The van der Waals surface area contributed by atoms with Crippen LogP contribution in [0.4, 0.5) is 11.6 Å². The van der Waals surface area contributed by atoms with Gasteiger partial charge in [0.1, 0.15) is 6.20 Å². The van der Waals surface area contributed by atoms with Gasteiger partial charge in [-0.3, -0.25) is 4.79 Å². The maximum atomic E-state index is 11.2. The minimum atomic E-state index is -0.903. The number of carboxylic acids is 1. The number of rotatable bonds is 6. The van der Waals surface area contributed by atoms with Crippen molar-refractivity contribution in [3.63, 3.8) is 0 Å². The van der Waals surface area contributed by atoms with Crippen LogP contribution in [-0.4, -0.2) is 30.9 Å². The number of fused-ring (bicyclic) bond motifs is 1. The third-order valence-corrected chi connectivity index (χ3v) is 3.59. The molecule has 0 amide bonds. The molecule has 20 heavy (non-hydrogen) atoms. The van der Waals surface area contributed by atoms with Crippen LogP contribution in [-0.2, 0) is 4.79 Å². The number of anilines is 1. The Hall–Kier alpha value is -2.16. The van der Waals surface area contributed by atoms with Crippen LogP contribution in [0.3, 0.4) is 0 Å². The molecule has 9 heteroatoms. The summed E-state index contributed by atoms with van der Waals surface area (Å²) in [6, 6.07) is 0. The Morgan fingerprint density at radius 2 is 2.35 bits per heavy atom. The highest BCUT2D eigenvalue weighted by atomic mass is 32.1. The normalized spacial score (nSPS) is 11.7. The standard InChI is InChI=1S/C11H14N4O4S/c1-11(2,4-3-7(16)17)13-8-9(15(18)19)14-5-6-20-10(14)12-8/h5-6,13H,3-4H2,1-2H3,(H,16,17). The summed E-state index contributed by atoms with van der Waals surface area (Å²) in [6.07, 6.45) is 1.90. The lowest BCUT2D eigenvalue weighted by Crippen LogP contribution is -2.32. The molecule has 0 unspecified atom stereocenters. The molecule has 0 saturated carbocycles. The van der Waals surface area contributed by atoms with Gasteiger partial charge in [-0.1, -0.05) is 11.3 Å². The van der Waals surface area contributed by atoms with Gasteiger partial charge in [0.25, 0.3) is 4.96 Å². The summed E-state index contributed by atoms with van der Waals surface area (Å²) in [6.45, 7) is 3.57. The van der Waals surface area contributed by atoms with Crippen LogP contribution >= 0.6 is 11.3 Å². The number of hydrogen-bond donors (Lipinski definition) is 2. The molecule has 0 radical (unpaired) electrons. The van der Waals surface area contributed by atoms with Crippen LogP contribution in [0.15, 0.2) is 11.6 Å². The molecule has 0 saturated heterocycles. The van der Waals surface area contributed by atoms with Crippen molar-refractivity contribution in [2.24, 2.45) is 0 Å². The fourth-order valence-corrected chi connectivity index (χ4v) is 2.54. The van der Waals surface area contributed by atoms with Crippen LogP contribution in [0.25, 0.3) is 4.96 Å².